The predicted molar refractivity (Wildman–Crippen MR) is 178 cm³/mol. The SMILES string of the molecule is COc1cc(-c2nnc(SCC(=O)Nc3ncc4c(n3)CC(c3ccccc3)CC4=O)n2CCc2ccccc2)cc(OC)c1OC. The molecular weight excluding hydrogens is 616 g/mol. The number of methoxy groups -OCH3 is 3. The topological polar surface area (TPSA) is 130 Å². The first-order valence-corrected chi connectivity index (χ1v) is 16.1. The molecule has 5 aromatic rings. The Hall–Kier alpha value is -5.23. The summed E-state index contributed by atoms with van der Waals surface area (Å²) in [7, 11) is 4.68. The Morgan fingerprint density at radius 1 is 0.936 bits per heavy atom. The maximum absolute atomic E-state index is 13.1. The van der Waals surface area contributed by atoms with E-state index in [2.05, 4.69) is 37.6 Å². The summed E-state index contributed by atoms with van der Waals surface area (Å²) in [6.07, 6.45) is 3.24. The van der Waals surface area contributed by atoms with E-state index in [0.29, 0.717) is 58.9 Å². The molecule has 0 fully saturated rings. The number of carbonyl (C=O) groups excluding carboxylic acids is 2. The van der Waals surface area contributed by atoms with Gasteiger partial charge in [-0.2, -0.15) is 0 Å². The number of nitrogens with zero attached hydrogens (tertiary/aromatic N) is 5. The number of anilines is 1. The molecular formula is C35H34N6O5S. The van der Waals surface area contributed by atoms with E-state index in [-0.39, 0.29) is 29.3 Å². The zero-order chi connectivity index (χ0) is 32.8. The van der Waals surface area contributed by atoms with Gasteiger partial charge >= 0.3 is 0 Å². The first kappa shape index (κ1) is 31.7. The van der Waals surface area contributed by atoms with Gasteiger partial charge < -0.3 is 18.8 Å². The minimum absolute atomic E-state index is 0.00581. The van der Waals surface area contributed by atoms with E-state index in [4.69, 9.17) is 14.2 Å². The second-order valence-electron chi connectivity index (χ2n) is 10.9. The summed E-state index contributed by atoms with van der Waals surface area (Å²) in [5.74, 6) is 2.01. The standard InChI is InChI=1S/C35H34N6O5S/c1-44-29-18-25(19-30(45-2)32(29)46-3)33-39-40-35(41(33)15-14-22-10-6-4-7-11-22)47-21-31(43)38-34-36-20-26-27(37-34)16-24(17-28(26)42)23-12-8-5-9-13-23/h4-13,18-20,24H,14-17,21H2,1-3H3,(H,36,37,38,43). The Bertz CT molecular complexity index is 1860. The number of nitrogens with one attached hydrogen (secondary N) is 1. The average molecular weight is 651 g/mol. The third kappa shape index (κ3) is 7.12. The number of carbonyl (C=O) groups is 2. The van der Waals surface area contributed by atoms with Gasteiger partial charge in [-0.25, -0.2) is 9.97 Å². The van der Waals surface area contributed by atoms with Crippen molar-refractivity contribution in [2.45, 2.75) is 36.9 Å². The zero-order valence-corrected chi connectivity index (χ0v) is 27.1. The molecule has 0 saturated heterocycles. The number of hydrogen-bond acceptors (Lipinski definition) is 10. The monoisotopic (exact) mass is 650 g/mol. The number of amides is 1. The fourth-order valence-corrected chi connectivity index (χ4v) is 6.43. The van der Waals surface area contributed by atoms with Crippen LogP contribution in [0, 0.1) is 0 Å². The Morgan fingerprint density at radius 3 is 2.32 bits per heavy atom. The molecule has 2 heterocycles. The minimum Gasteiger partial charge on any atom is -0.493 e. The highest BCUT2D eigenvalue weighted by molar-refractivity contribution is 7.99. The van der Waals surface area contributed by atoms with E-state index in [9.17, 15) is 9.59 Å². The van der Waals surface area contributed by atoms with Crippen molar-refractivity contribution in [2.24, 2.45) is 0 Å². The molecule has 0 bridgehead atoms. The summed E-state index contributed by atoms with van der Waals surface area (Å²) in [4.78, 5) is 34.8. The molecule has 2 aromatic heterocycles. The largest absolute Gasteiger partial charge is 0.493 e. The summed E-state index contributed by atoms with van der Waals surface area (Å²) >= 11 is 1.26. The molecule has 1 aliphatic carbocycles. The van der Waals surface area contributed by atoms with Crippen LogP contribution >= 0.6 is 11.8 Å². The lowest BCUT2D eigenvalue weighted by molar-refractivity contribution is -0.113. The van der Waals surface area contributed by atoms with Crippen LogP contribution in [0.25, 0.3) is 11.4 Å². The second-order valence-corrected chi connectivity index (χ2v) is 11.9. The van der Waals surface area contributed by atoms with Crippen molar-refractivity contribution < 1.29 is 23.8 Å². The van der Waals surface area contributed by atoms with Crippen molar-refractivity contribution in [1.82, 2.24) is 24.7 Å². The van der Waals surface area contributed by atoms with E-state index in [1.54, 1.807) is 21.3 Å². The number of ether oxygens (including phenoxy) is 3. The van der Waals surface area contributed by atoms with Crippen LogP contribution < -0.4 is 19.5 Å². The van der Waals surface area contributed by atoms with Crippen molar-refractivity contribution in [3.63, 3.8) is 0 Å². The number of aromatic nitrogens is 5. The highest BCUT2D eigenvalue weighted by Crippen LogP contribution is 2.41. The van der Waals surface area contributed by atoms with Crippen LogP contribution in [0.3, 0.4) is 0 Å². The Labute approximate surface area is 276 Å². The molecule has 0 aliphatic heterocycles. The lowest BCUT2D eigenvalue weighted by Crippen LogP contribution is -2.23. The number of Topliss-reactive ketones (excluding diaryl/α,β-unsaturated/α-hetero) is 1. The van der Waals surface area contributed by atoms with Gasteiger partial charge in [-0.1, -0.05) is 72.4 Å². The summed E-state index contributed by atoms with van der Waals surface area (Å²) in [6, 6.07) is 23.7. The van der Waals surface area contributed by atoms with Gasteiger partial charge in [0.25, 0.3) is 0 Å². The Balaban J connectivity index is 1.20. The third-order valence-electron chi connectivity index (χ3n) is 8.00. The normalized spacial score (nSPS) is 13.9. The highest BCUT2D eigenvalue weighted by Gasteiger charge is 2.28. The smallest absolute Gasteiger partial charge is 0.237 e. The summed E-state index contributed by atoms with van der Waals surface area (Å²) in [6.45, 7) is 0.567. The molecule has 0 spiro atoms. The molecule has 1 unspecified atom stereocenters. The van der Waals surface area contributed by atoms with E-state index in [1.807, 2.05) is 65.2 Å². The predicted octanol–water partition coefficient (Wildman–Crippen LogP) is 5.65. The van der Waals surface area contributed by atoms with Crippen molar-refractivity contribution in [3.05, 3.63) is 101 Å². The molecule has 0 radical (unpaired) electrons. The molecule has 12 heteroatoms. The average Bonchev–Trinajstić information content (AvgIpc) is 3.52. The number of thioether (sulfide) groups is 1. The number of rotatable bonds is 12. The molecule has 0 saturated carbocycles. The van der Waals surface area contributed by atoms with Crippen LogP contribution in [0.1, 0.15) is 39.5 Å². The number of benzene rings is 3. The van der Waals surface area contributed by atoms with E-state index < -0.39 is 0 Å². The van der Waals surface area contributed by atoms with Crippen molar-refractivity contribution >= 4 is 29.4 Å². The number of fused-ring (bicyclic) bond motifs is 1. The van der Waals surface area contributed by atoms with Gasteiger partial charge in [0.15, 0.2) is 28.3 Å². The summed E-state index contributed by atoms with van der Waals surface area (Å²) < 4.78 is 18.6. The quantitative estimate of drug-likeness (QED) is 0.169. The lowest BCUT2D eigenvalue weighted by Gasteiger charge is -2.23. The zero-order valence-electron chi connectivity index (χ0n) is 26.3. The molecule has 11 nitrogen and oxygen atoms in total. The van der Waals surface area contributed by atoms with Crippen molar-refractivity contribution in [1.29, 1.82) is 0 Å². The van der Waals surface area contributed by atoms with Gasteiger partial charge in [0.1, 0.15) is 0 Å². The maximum Gasteiger partial charge on any atom is 0.237 e. The Kier molecular flexibility index (Phi) is 9.77. The molecule has 1 atom stereocenters. The molecule has 3 aromatic carbocycles. The van der Waals surface area contributed by atoms with Crippen LogP contribution in [-0.4, -0.2) is 63.5 Å². The van der Waals surface area contributed by atoms with Gasteiger partial charge in [-0.05, 0) is 42.0 Å². The van der Waals surface area contributed by atoms with Crippen molar-refractivity contribution in [2.75, 3.05) is 32.4 Å². The van der Waals surface area contributed by atoms with Crippen LogP contribution in [0.4, 0.5) is 5.95 Å². The van der Waals surface area contributed by atoms with Gasteiger partial charge in [0.2, 0.25) is 17.6 Å². The molecule has 240 valence electrons. The lowest BCUT2D eigenvalue weighted by atomic mass is 9.82. The molecule has 6 rings (SSSR count). The van der Waals surface area contributed by atoms with Crippen molar-refractivity contribution in [3.8, 4) is 28.6 Å². The molecule has 1 N–H and O–H groups in total. The van der Waals surface area contributed by atoms with Crippen LogP contribution in [0.15, 0.2) is 84.1 Å². The Morgan fingerprint density at radius 2 is 1.64 bits per heavy atom. The number of aryl methyl sites for hydroxylation is 1. The number of hydrogen-bond donors (Lipinski definition) is 1. The highest BCUT2D eigenvalue weighted by atomic mass is 32.2. The summed E-state index contributed by atoms with van der Waals surface area (Å²) in [5, 5.41) is 12.3. The number of ketones is 1. The fourth-order valence-electron chi connectivity index (χ4n) is 5.66. The molecule has 1 amide bonds. The first-order chi connectivity index (χ1) is 23.0. The summed E-state index contributed by atoms with van der Waals surface area (Å²) in [5.41, 5.74) is 4.12. The van der Waals surface area contributed by atoms with E-state index >= 15 is 0 Å². The fraction of sp³-hybridized carbons (Fsp3) is 0.257. The van der Waals surface area contributed by atoms with Crippen LogP contribution in [0.2, 0.25) is 0 Å². The van der Waals surface area contributed by atoms with Gasteiger partial charge in [0.05, 0.1) is 38.3 Å². The first-order valence-electron chi connectivity index (χ1n) is 15.1. The third-order valence-corrected chi connectivity index (χ3v) is 8.97. The minimum atomic E-state index is -0.302. The molecule has 1 aliphatic rings. The van der Waals surface area contributed by atoms with E-state index in [1.165, 1.54) is 18.0 Å². The van der Waals surface area contributed by atoms with Gasteiger partial charge in [-0.3, -0.25) is 14.9 Å². The van der Waals surface area contributed by atoms with Crippen LogP contribution in [-0.2, 0) is 24.2 Å². The van der Waals surface area contributed by atoms with Crippen LogP contribution in [0.5, 0.6) is 17.2 Å². The van der Waals surface area contributed by atoms with Gasteiger partial charge in [0, 0.05) is 24.7 Å². The van der Waals surface area contributed by atoms with Gasteiger partial charge in [-0.15, -0.1) is 10.2 Å². The van der Waals surface area contributed by atoms with E-state index in [0.717, 1.165) is 23.1 Å². The molecule has 47 heavy (non-hydrogen) atoms. The maximum atomic E-state index is 13.1. The second kappa shape index (κ2) is 14.5.